The smallest absolute Gasteiger partial charge is 0.292 e. The van der Waals surface area contributed by atoms with E-state index in [1.807, 2.05) is 4.90 Å². The van der Waals surface area contributed by atoms with Crippen molar-refractivity contribution in [2.75, 3.05) is 61.3 Å². The molecule has 2 aromatic rings. The molecule has 4 aliphatic rings. The molecule has 3 fully saturated rings. The Morgan fingerprint density at radius 3 is 2.24 bits per heavy atom. The monoisotopic (exact) mass is 621 g/mol. The number of nitrogens with one attached hydrogen (secondary N) is 1. The number of nitro groups is 1. The van der Waals surface area contributed by atoms with Gasteiger partial charge in [0, 0.05) is 57.4 Å². The van der Waals surface area contributed by atoms with Gasteiger partial charge >= 0.3 is 0 Å². The van der Waals surface area contributed by atoms with E-state index in [1.54, 1.807) is 12.1 Å². The van der Waals surface area contributed by atoms with Crippen LogP contribution >= 0.6 is 0 Å². The fourth-order valence-electron chi connectivity index (χ4n) is 6.92. The lowest BCUT2D eigenvalue weighted by atomic mass is 9.91. The molecule has 238 valence electrons. The molecule has 6 rings (SSSR count). The number of piperidine rings is 2. The Labute approximate surface area is 259 Å². The number of hydrogen-bond donors (Lipinski definition) is 2. The molecule has 4 amide bonds. The Kier molecular flexibility index (Phi) is 8.40. The van der Waals surface area contributed by atoms with Crippen LogP contribution in [-0.2, 0) is 9.59 Å². The van der Waals surface area contributed by atoms with Crippen molar-refractivity contribution in [2.24, 2.45) is 5.92 Å². The van der Waals surface area contributed by atoms with Crippen LogP contribution in [-0.4, -0.2) is 90.2 Å². The van der Waals surface area contributed by atoms with Crippen molar-refractivity contribution in [3.8, 4) is 0 Å². The van der Waals surface area contributed by atoms with Gasteiger partial charge in [-0.05, 0) is 68.8 Å². The summed E-state index contributed by atoms with van der Waals surface area (Å²) in [6.07, 6.45) is 3.97. The molecule has 1 unspecified atom stereocenters. The number of hydrogen-bond acceptors (Lipinski definition) is 10. The van der Waals surface area contributed by atoms with Crippen molar-refractivity contribution in [3.05, 3.63) is 57.4 Å². The van der Waals surface area contributed by atoms with Crippen LogP contribution in [0.2, 0.25) is 0 Å². The number of halogens is 1. The van der Waals surface area contributed by atoms with Gasteiger partial charge in [-0.25, -0.2) is 4.39 Å². The molecule has 14 heteroatoms. The summed E-state index contributed by atoms with van der Waals surface area (Å²) in [5.74, 6) is -2.57. The maximum absolute atomic E-state index is 15.2. The predicted octanol–water partition coefficient (Wildman–Crippen LogP) is 2.54. The summed E-state index contributed by atoms with van der Waals surface area (Å²) in [4.78, 5) is 68.0. The van der Waals surface area contributed by atoms with Crippen LogP contribution in [0.3, 0.4) is 0 Å². The van der Waals surface area contributed by atoms with Gasteiger partial charge in [-0.15, -0.1) is 0 Å². The van der Waals surface area contributed by atoms with E-state index >= 15 is 4.39 Å². The zero-order valence-electron chi connectivity index (χ0n) is 24.9. The molecule has 0 spiro atoms. The van der Waals surface area contributed by atoms with E-state index in [-0.39, 0.29) is 41.0 Å². The first-order valence-corrected chi connectivity index (χ1v) is 15.4. The van der Waals surface area contributed by atoms with E-state index in [4.69, 9.17) is 5.73 Å². The third kappa shape index (κ3) is 6.06. The van der Waals surface area contributed by atoms with E-state index in [0.29, 0.717) is 19.0 Å². The Hall–Kier alpha value is -4.59. The quantitative estimate of drug-likeness (QED) is 0.194. The number of nitrogen functional groups attached to an aromatic ring is 1. The summed E-state index contributed by atoms with van der Waals surface area (Å²) in [7, 11) is 0. The third-order valence-electron chi connectivity index (χ3n) is 9.49. The number of amides is 4. The molecular weight excluding hydrogens is 585 g/mol. The van der Waals surface area contributed by atoms with Crippen LogP contribution in [0.15, 0.2) is 30.3 Å². The minimum Gasteiger partial charge on any atom is -0.393 e. The minimum atomic E-state index is -1.09. The van der Waals surface area contributed by atoms with Gasteiger partial charge in [0.2, 0.25) is 11.8 Å². The molecule has 3 N–H and O–H groups in total. The molecule has 4 heterocycles. The van der Waals surface area contributed by atoms with Crippen molar-refractivity contribution in [1.82, 2.24) is 15.1 Å². The van der Waals surface area contributed by atoms with Gasteiger partial charge in [0.1, 0.15) is 17.5 Å². The molecule has 45 heavy (non-hydrogen) atoms. The van der Waals surface area contributed by atoms with Crippen molar-refractivity contribution in [2.45, 2.75) is 44.6 Å². The van der Waals surface area contributed by atoms with Gasteiger partial charge in [-0.3, -0.25) is 44.4 Å². The molecule has 0 aliphatic carbocycles. The molecule has 0 bridgehead atoms. The summed E-state index contributed by atoms with van der Waals surface area (Å²) in [5, 5.41) is 13.2. The highest BCUT2D eigenvalue weighted by Crippen LogP contribution is 2.35. The topological polar surface area (TPSA) is 162 Å². The average molecular weight is 622 g/mol. The van der Waals surface area contributed by atoms with E-state index < -0.39 is 40.4 Å². The maximum Gasteiger partial charge on any atom is 0.292 e. The van der Waals surface area contributed by atoms with E-state index in [0.717, 1.165) is 75.1 Å². The number of fused-ring (bicyclic) bond motifs is 1. The first-order valence-electron chi connectivity index (χ1n) is 15.4. The van der Waals surface area contributed by atoms with Crippen LogP contribution in [0, 0.1) is 21.8 Å². The van der Waals surface area contributed by atoms with Crippen LogP contribution in [0.1, 0.15) is 59.2 Å². The summed E-state index contributed by atoms with van der Waals surface area (Å²) >= 11 is 0. The summed E-state index contributed by atoms with van der Waals surface area (Å²) in [5.41, 5.74) is 7.16. The van der Waals surface area contributed by atoms with Crippen LogP contribution in [0.5, 0.6) is 0 Å². The fourth-order valence-corrected chi connectivity index (χ4v) is 6.92. The highest BCUT2D eigenvalue weighted by molar-refractivity contribution is 6.23. The summed E-state index contributed by atoms with van der Waals surface area (Å²) < 4.78 is 15.2. The lowest BCUT2D eigenvalue weighted by molar-refractivity contribution is -0.383. The molecular formula is C31H36FN7O6. The van der Waals surface area contributed by atoms with Gasteiger partial charge in [0.25, 0.3) is 17.5 Å². The molecule has 0 saturated carbocycles. The number of rotatable bonds is 8. The number of benzene rings is 2. The number of carbonyl (C=O) groups excluding carboxylic acids is 4. The molecule has 2 aromatic carbocycles. The standard InChI is InChI=1S/C31H36FN7O6/c32-23-17-21-22(31(43)38(30(21)42)26-5-6-28(40)34-29(26)41)18-27(23)37-10-7-19(8-11-37)2-1-9-35-12-14-36(15-13-35)20-3-4-25(39(44)45)24(33)16-20/h3-4,16-19,26H,1-2,5-15,33H2,(H,34,40,41). The number of nitrogens with zero attached hydrogens (tertiary/aromatic N) is 5. The molecule has 0 aromatic heterocycles. The zero-order valence-corrected chi connectivity index (χ0v) is 24.9. The van der Waals surface area contributed by atoms with Gasteiger partial charge in [0.05, 0.1) is 21.7 Å². The zero-order chi connectivity index (χ0) is 31.8. The van der Waals surface area contributed by atoms with Crippen molar-refractivity contribution < 1.29 is 28.5 Å². The average Bonchev–Trinajstić information content (AvgIpc) is 3.25. The van der Waals surface area contributed by atoms with E-state index in [9.17, 15) is 29.3 Å². The van der Waals surface area contributed by atoms with Gasteiger partial charge < -0.3 is 15.5 Å². The Morgan fingerprint density at radius 1 is 0.911 bits per heavy atom. The molecule has 3 saturated heterocycles. The molecule has 1 atom stereocenters. The summed E-state index contributed by atoms with van der Waals surface area (Å²) in [6.45, 7) is 5.69. The maximum atomic E-state index is 15.2. The molecule has 0 radical (unpaired) electrons. The second-order valence-electron chi connectivity index (χ2n) is 12.2. The minimum absolute atomic E-state index is 0.0230. The number of anilines is 3. The Bertz CT molecular complexity index is 1550. The highest BCUT2D eigenvalue weighted by atomic mass is 19.1. The highest BCUT2D eigenvalue weighted by Gasteiger charge is 2.45. The van der Waals surface area contributed by atoms with Gasteiger partial charge in [0.15, 0.2) is 0 Å². The van der Waals surface area contributed by atoms with E-state index in [2.05, 4.69) is 15.1 Å². The SMILES string of the molecule is Nc1cc(N2CCN(CCCC3CCN(c4cc5c(cc4F)C(=O)N(C4CCC(=O)NC4=O)C5=O)CC3)CC2)ccc1[N+](=O)[O-]. The second kappa shape index (κ2) is 12.4. The number of imide groups is 2. The number of nitro benzene ring substituents is 1. The number of carbonyl (C=O) groups is 4. The van der Waals surface area contributed by atoms with Crippen LogP contribution < -0.4 is 20.9 Å². The number of piperazine rings is 1. The first kappa shape index (κ1) is 30.4. The third-order valence-corrected chi connectivity index (χ3v) is 9.49. The number of nitrogens with two attached hydrogens (primary N) is 1. The molecule has 13 nitrogen and oxygen atoms in total. The molecule has 4 aliphatic heterocycles. The van der Waals surface area contributed by atoms with Crippen molar-refractivity contribution in [1.29, 1.82) is 0 Å². The Morgan fingerprint density at radius 2 is 1.60 bits per heavy atom. The predicted molar refractivity (Wildman–Crippen MR) is 163 cm³/mol. The van der Waals surface area contributed by atoms with Crippen LogP contribution in [0.4, 0.5) is 27.1 Å². The largest absolute Gasteiger partial charge is 0.393 e. The lowest BCUT2D eigenvalue weighted by Gasteiger charge is -2.37. The van der Waals surface area contributed by atoms with Gasteiger partial charge in [-0.2, -0.15) is 0 Å². The normalized spacial score (nSPS) is 21.4. The first-order chi connectivity index (χ1) is 21.6. The van der Waals surface area contributed by atoms with Crippen LogP contribution in [0.25, 0.3) is 0 Å². The van der Waals surface area contributed by atoms with E-state index in [1.165, 1.54) is 12.1 Å². The second-order valence-corrected chi connectivity index (χ2v) is 12.2. The van der Waals surface area contributed by atoms with Gasteiger partial charge in [-0.1, -0.05) is 0 Å². The fraction of sp³-hybridized carbons (Fsp3) is 0.484. The van der Waals surface area contributed by atoms with Crippen molar-refractivity contribution >= 4 is 46.4 Å². The Balaban J connectivity index is 0.971. The van der Waals surface area contributed by atoms with Crippen molar-refractivity contribution in [3.63, 3.8) is 0 Å². The summed E-state index contributed by atoms with van der Waals surface area (Å²) in [6, 6.07) is 6.32. The lowest BCUT2D eigenvalue weighted by Crippen LogP contribution is -2.54.